The fourth-order valence-electron chi connectivity index (χ4n) is 2.44. The van der Waals surface area contributed by atoms with Crippen LogP contribution < -0.4 is 0 Å². The third-order valence-electron chi connectivity index (χ3n) is 3.30. The van der Waals surface area contributed by atoms with Crippen molar-refractivity contribution in [3.05, 3.63) is 54.1 Å². The smallest absolute Gasteiger partial charge is 0.0989 e. The van der Waals surface area contributed by atoms with E-state index in [1.54, 1.807) is 0 Å². The highest BCUT2D eigenvalue weighted by atomic mass is 15.0. The summed E-state index contributed by atoms with van der Waals surface area (Å²) >= 11 is 0. The Kier molecular flexibility index (Phi) is 2.13. The number of fused-ring (bicyclic) bond motifs is 1. The zero-order valence-corrected chi connectivity index (χ0v) is 9.35. The molecule has 0 bridgehead atoms. The summed E-state index contributed by atoms with van der Waals surface area (Å²) in [6.07, 6.45) is 7.96. The molecule has 0 amide bonds. The molecule has 3 rings (SSSR count). The first kappa shape index (κ1) is 9.40. The Morgan fingerprint density at radius 3 is 2.88 bits per heavy atom. The number of benzene rings is 1. The Labute approximate surface area is 95.3 Å². The van der Waals surface area contributed by atoms with Crippen LogP contribution in [0.5, 0.6) is 0 Å². The zero-order valence-electron chi connectivity index (χ0n) is 9.35. The topological polar surface area (TPSA) is 17.8 Å². The van der Waals surface area contributed by atoms with E-state index in [2.05, 4.69) is 40.7 Å². The van der Waals surface area contributed by atoms with Gasteiger partial charge in [-0.1, -0.05) is 24.3 Å². The molecule has 0 saturated heterocycles. The quantitative estimate of drug-likeness (QED) is 0.706. The second-order valence-corrected chi connectivity index (χ2v) is 4.20. The van der Waals surface area contributed by atoms with Crippen LogP contribution >= 0.6 is 0 Å². The SMILES string of the molecule is CC1=C(n2ccnc2)CCc2ccccc21. The summed E-state index contributed by atoms with van der Waals surface area (Å²) in [6.45, 7) is 2.20. The van der Waals surface area contributed by atoms with Crippen LogP contribution in [0.2, 0.25) is 0 Å². The summed E-state index contributed by atoms with van der Waals surface area (Å²) in [5.74, 6) is 0. The fourth-order valence-corrected chi connectivity index (χ4v) is 2.44. The van der Waals surface area contributed by atoms with E-state index in [1.165, 1.54) is 22.4 Å². The molecule has 2 heteroatoms. The van der Waals surface area contributed by atoms with E-state index >= 15 is 0 Å². The number of nitrogens with zero attached hydrogens (tertiary/aromatic N) is 2. The molecule has 80 valence electrons. The minimum absolute atomic E-state index is 1.10. The largest absolute Gasteiger partial charge is 0.310 e. The lowest BCUT2D eigenvalue weighted by molar-refractivity contribution is 0.908. The third kappa shape index (κ3) is 1.38. The maximum absolute atomic E-state index is 4.12. The van der Waals surface area contributed by atoms with Crippen molar-refractivity contribution >= 4 is 11.3 Å². The van der Waals surface area contributed by atoms with Gasteiger partial charge in [0.25, 0.3) is 0 Å². The van der Waals surface area contributed by atoms with Crippen LogP contribution in [0.4, 0.5) is 0 Å². The Balaban J connectivity index is 2.16. The average molecular weight is 210 g/mol. The number of imidazole rings is 1. The first-order chi connectivity index (χ1) is 7.86. The molecule has 2 nitrogen and oxygen atoms in total. The normalized spacial score (nSPS) is 15.1. The molecule has 0 spiro atoms. The van der Waals surface area contributed by atoms with Crippen molar-refractivity contribution in [3.63, 3.8) is 0 Å². The second kappa shape index (κ2) is 3.63. The van der Waals surface area contributed by atoms with Crippen molar-refractivity contribution in [3.8, 4) is 0 Å². The molecule has 1 aliphatic carbocycles. The Bertz CT molecular complexity index is 536. The molecule has 0 unspecified atom stereocenters. The molecule has 0 saturated carbocycles. The number of allylic oxidation sites excluding steroid dienone is 2. The highest BCUT2D eigenvalue weighted by Gasteiger charge is 2.15. The van der Waals surface area contributed by atoms with Gasteiger partial charge in [0.05, 0.1) is 6.33 Å². The van der Waals surface area contributed by atoms with E-state index in [0.29, 0.717) is 0 Å². The lowest BCUT2D eigenvalue weighted by Crippen LogP contribution is -2.06. The monoisotopic (exact) mass is 210 g/mol. The van der Waals surface area contributed by atoms with Crippen molar-refractivity contribution in [2.75, 3.05) is 0 Å². The number of aryl methyl sites for hydroxylation is 1. The first-order valence-corrected chi connectivity index (χ1v) is 5.62. The van der Waals surface area contributed by atoms with Gasteiger partial charge in [-0.25, -0.2) is 4.98 Å². The van der Waals surface area contributed by atoms with Crippen LogP contribution in [0.3, 0.4) is 0 Å². The van der Waals surface area contributed by atoms with Crippen LogP contribution in [0.15, 0.2) is 43.0 Å². The lowest BCUT2D eigenvalue weighted by Gasteiger charge is -2.21. The standard InChI is InChI=1S/C14H14N2/c1-11-13-5-3-2-4-12(13)6-7-14(11)16-9-8-15-10-16/h2-5,8-10H,6-7H2,1H3. The maximum atomic E-state index is 4.12. The highest BCUT2D eigenvalue weighted by molar-refractivity contribution is 5.85. The third-order valence-corrected chi connectivity index (χ3v) is 3.30. The van der Waals surface area contributed by atoms with Gasteiger partial charge in [0.15, 0.2) is 0 Å². The van der Waals surface area contributed by atoms with E-state index < -0.39 is 0 Å². The second-order valence-electron chi connectivity index (χ2n) is 4.20. The maximum Gasteiger partial charge on any atom is 0.0989 e. The molecule has 0 fully saturated rings. The summed E-state index contributed by atoms with van der Waals surface area (Å²) in [5.41, 5.74) is 5.59. The molecular weight excluding hydrogens is 196 g/mol. The predicted octanol–water partition coefficient (Wildman–Crippen LogP) is 3.22. The Morgan fingerprint density at radius 1 is 1.19 bits per heavy atom. The van der Waals surface area contributed by atoms with Crippen LogP contribution in [0.1, 0.15) is 24.5 Å². The summed E-state index contributed by atoms with van der Waals surface area (Å²) < 4.78 is 2.13. The van der Waals surface area contributed by atoms with Crippen molar-refractivity contribution < 1.29 is 0 Å². The van der Waals surface area contributed by atoms with Crippen molar-refractivity contribution in [1.82, 2.24) is 9.55 Å². The predicted molar refractivity (Wildman–Crippen MR) is 65.8 cm³/mol. The summed E-state index contributed by atoms with van der Waals surface area (Å²) in [7, 11) is 0. The first-order valence-electron chi connectivity index (χ1n) is 5.62. The molecule has 0 radical (unpaired) electrons. The van der Waals surface area contributed by atoms with Crippen molar-refractivity contribution in [2.45, 2.75) is 19.8 Å². The molecule has 1 heterocycles. The average Bonchev–Trinajstić information content (AvgIpc) is 2.83. The van der Waals surface area contributed by atoms with Crippen molar-refractivity contribution in [1.29, 1.82) is 0 Å². The van der Waals surface area contributed by atoms with Gasteiger partial charge in [-0.3, -0.25) is 0 Å². The van der Waals surface area contributed by atoms with Crippen LogP contribution in [0, 0.1) is 0 Å². The lowest BCUT2D eigenvalue weighted by atomic mass is 9.89. The molecule has 0 atom stereocenters. The van der Waals surface area contributed by atoms with Gasteiger partial charge in [0.2, 0.25) is 0 Å². The molecule has 1 aliphatic rings. The fraction of sp³-hybridized carbons (Fsp3) is 0.214. The molecule has 16 heavy (non-hydrogen) atoms. The molecular formula is C14H14N2. The molecule has 0 N–H and O–H groups in total. The van der Waals surface area contributed by atoms with E-state index in [4.69, 9.17) is 0 Å². The van der Waals surface area contributed by atoms with Gasteiger partial charge < -0.3 is 4.57 Å². The van der Waals surface area contributed by atoms with Crippen LogP contribution in [0.25, 0.3) is 11.3 Å². The molecule has 1 aromatic carbocycles. The summed E-state index contributed by atoms with van der Waals surface area (Å²) in [6, 6.07) is 8.66. The Hall–Kier alpha value is -1.83. The van der Waals surface area contributed by atoms with Crippen molar-refractivity contribution in [2.24, 2.45) is 0 Å². The van der Waals surface area contributed by atoms with Crippen LogP contribution in [-0.4, -0.2) is 9.55 Å². The van der Waals surface area contributed by atoms with Gasteiger partial charge in [-0.15, -0.1) is 0 Å². The Morgan fingerprint density at radius 2 is 2.06 bits per heavy atom. The van der Waals surface area contributed by atoms with Gasteiger partial charge in [-0.2, -0.15) is 0 Å². The van der Waals surface area contributed by atoms with Gasteiger partial charge >= 0.3 is 0 Å². The number of hydrogen-bond donors (Lipinski definition) is 0. The van der Waals surface area contributed by atoms with Gasteiger partial charge in [0, 0.05) is 18.1 Å². The minimum Gasteiger partial charge on any atom is -0.310 e. The van der Waals surface area contributed by atoms with Gasteiger partial charge in [0.1, 0.15) is 0 Å². The minimum atomic E-state index is 1.10. The number of hydrogen-bond acceptors (Lipinski definition) is 1. The molecule has 1 aromatic heterocycles. The summed E-state index contributed by atoms with van der Waals surface area (Å²) in [5, 5.41) is 0. The molecule has 2 aromatic rings. The van der Waals surface area contributed by atoms with E-state index in [-0.39, 0.29) is 0 Å². The summed E-state index contributed by atoms with van der Waals surface area (Å²) in [4.78, 5) is 4.12. The molecule has 0 aliphatic heterocycles. The zero-order chi connectivity index (χ0) is 11.0. The highest BCUT2D eigenvalue weighted by Crippen LogP contribution is 2.32. The van der Waals surface area contributed by atoms with E-state index in [9.17, 15) is 0 Å². The number of rotatable bonds is 1. The number of aromatic nitrogens is 2. The van der Waals surface area contributed by atoms with Gasteiger partial charge in [-0.05, 0) is 36.5 Å². The van der Waals surface area contributed by atoms with E-state index in [1.807, 2.05) is 18.7 Å². The van der Waals surface area contributed by atoms with Crippen LogP contribution in [-0.2, 0) is 6.42 Å². The van der Waals surface area contributed by atoms with E-state index in [0.717, 1.165) is 12.8 Å².